The third kappa shape index (κ3) is 3.66. The molecule has 1 aliphatic rings. The van der Waals surface area contributed by atoms with Crippen molar-refractivity contribution < 1.29 is 4.39 Å². The lowest BCUT2D eigenvalue weighted by atomic mass is 10.2. The van der Waals surface area contributed by atoms with E-state index in [0.717, 1.165) is 26.1 Å². The molecule has 0 spiro atoms. The van der Waals surface area contributed by atoms with Crippen molar-refractivity contribution in [2.24, 2.45) is 11.8 Å². The maximum absolute atomic E-state index is 14.4. The number of halogens is 1. The van der Waals surface area contributed by atoms with Crippen molar-refractivity contribution in [3.8, 4) is 0 Å². The monoisotopic (exact) mass is 265 g/mol. The predicted octanol–water partition coefficient (Wildman–Crippen LogP) is 2.81. The Morgan fingerprint density at radius 1 is 1.53 bits per heavy atom. The molecule has 4 heteroatoms. The minimum absolute atomic E-state index is 0.159. The van der Waals surface area contributed by atoms with Gasteiger partial charge in [0, 0.05) is 31.4 Å². The summed E-state index contributed by atoms with van der Waals surface area (Å²) in [5.74, 6) is 1.56. The molecule has 0 aromatic carbocycles. The molecule has 1 atom stereocenters. The van der Waals surface area contributed by atoms with Crippen LogP contribution in [0.1, 0.15) is 32.8 Å². The van der Waals surface area contributed by atoms with Crippen LogP contribution in [0.5, 0.6) is 0 Å². The van der Waals surface area contributed by atoms with Gasteiger partial charge in [0.05, 0.1) is 0 Å². The third-order valence-electron chi connectivity index (χ3n) is 3.54. The Labute approximate surface area is 115 Å². The second-order valence-electron chi connectivity index (χ2n) is 5.97. The summed E-state index contributed by atoms with van der Waals surface area (Å²) < 4.78 is 14.4. The van der Waals surface area contributed by atoms with Crippen LogP contribution >= 0.6 is 0 Å². The predicted molar refractivity (Wildman–Crippen MR) is 76.7 cm³/mol. The number of nitrogens with one attached hydrogen (secondary N) is 1. The van der Waals surface area contributed by atoms with Crippen LogP contribution in [0.4, 0.5) is 10.2 Å². The van der Waals surface area contributed by atoms with Gasteiger partial charge in [-0.3, -0.25) is 0 Å². The Morgan fingerprint density at radius 3 is 2.95 bits per heavy atom. The number of hydrogen-bond donors (Lipinski definition) is 1. The maximum atomic E-state index is 14.4. The van der Waals surface area contributed by atoms with Crippen molar-refractivity contribution in [1.29, 1.82) is 0 Å². The van der Waals surface area contributed by atoms with Crippen molar-refractivity contribution in [3.05, 3.63) is 23.6 Å². The van der Waals surface area contributed by atoms with Crippen LogP contribution in [0.3, 0.4) is 0 Å². The molecular weight excluding hydrogens is 241 g/mol. The van der Waals surface area contributed by atoms with Gasteiger partial charge in [0.2, 0.25) is 0 Å². The van der Waals surface area contributed by atoms with Crippen LogP contribution in [-0.2, 0) is 6.54 Å². The largest absolute Gasteiger partial charge is 0.354 e. The highest BCUT2D eigenvalue weighted by atomic mass is 19.1. The normalized spacial score (nSPS) is 19.4. The number of rotatable bonds is 5. The molecule has 0 bridgehead atoms. The molecule has 1 saturated heterocycles. The van der Waals surface area contributed by atoms with E-state index in [2.05, 4.69) is 36.0 Å². The lowest BCUT2D eigenvalue weighted by Crippen LogP contribution is -2.24. The zero-order valence-corrected chi connectivity index (χ0v) is 12.1. The topological polar surface area (TPSA) is 28.2 Å². The molecule has 1 N–H and O–H groups in total. The molecule has 1 fully saturated rings. The number of pyridine rings is 1. The van der Waals surface area contributed by atoms with E-state index < -0.39 is 0 Å². The van der Waals surface area contributed by atoms with Crippen LogP contribution < -0.4 is 10.2 Å². The Kier molecular flexibility index (Phi) is 4.75. The first-order valence-corrected chi connectivity index (χ1v) is 7.17. The van der Waals surface area contributed by atoms with Crippen LogP contribution in [0.25, 0.3) is 0 Å². The summed E-state index contributed by atoms with van der Waals surface area (Å²) in [5.41, 5.74) is 0.713. The van der Waals surface area contributed by atoms with E-state index in [1.807, 2.05) is 0 Å². The molecule has 1 aliphatic heterocycles. The fourth-order valence-corrected chi connectivity index (χ4v) is 2.45. The zero-order valence-electron chi connectivity index (χ0n) is 12.1. The fraction of sp³-hybridized carbons (Fsp3) is 0.667. The highest BCUT2D eigenvalue weighted by molar-refractivity contribution is 5.44. The lowest BCUT2D eigenvalue weighted by Gasteiger charge is -2.19. The smallest absolute Gasteiger partial charge is 0.170 e. The van der Waals surface area contributed by atoms with Crippen LogP contribution in [-0.4, -0.2) is 24.6 Å². The first kappa shape index (κ1) is 14.3. The van der Waals surface area contributed by atoms with Crippen LogP contribution in [0, 0.1) is 17.7 Å². The van der Waals surface area contributed by atoms with Crippen LogP contribution in [0.15, 0.2) is 12.3 Å². The summed E-state index contributed by atoms with van der Waals surface area (Å²) in [6.45, 7) is 9.79. The quantitative estimate of drug-likeness (QED) is 0.887. The zero-order chi connectivity index (χ0) is 13.8. The van der Waals surface area contributed by atoms with E-state index in [9.17, 15) is 4.39 Å². The van der Waals surface area contributed by atoms with Crippen LogP contribution in [0.2, 0.25) is 0 Å². The van der Waals surface area contributed by atoms with Gasteiger partial charge in [-0.2, -0.15) is 0 Å². The van der Waals surface area contributed by atoms with Crippen molar-refractivity contribution in [3.63, 3.8) is 0 Å². The van der Waals surface area contributed by atoms with E-state index in [1.165, 1.54) is 0 Å². The number of nitrogens with zero attached hydrogens (tertiary/aromatic N) is 2. The molecule has 0 saturated carbocycles. The van der Waals surface area contributed by atoms with Gasteiger partial charge in [-0.25, -0.2) is 9.37 Å². The molecule has 1 unspecified atom stereocenters. The van der Waals surface area contributed by atoms with Crippen molar-refractivity contribution in [1.82, 2.24) is 10.3 Å². The first-order valence-electron chi connectivity index (χ1n) is 7.17. The van der Waals surface area contributed by atoms with Gasteiger partial charge in [-0.15, -0.1) is 0 Å². The number of hydrogen-bond acceptors (Lipinski definition) is 3. The van der Waals surface area contributed by atoms with Crippen molar-refractivity contribution in [2.45, 2.75) is 33.7 Å². The molecule has 2 heterocycles. The SMILES string of the molecule is CC(C)CNCc1ccnc(N2CCC(C)C2)c1F. The van der Waals surface area contributed by atoms with Gasteiger partial charge in [-0.05, 0) is 30.9 Å². The summed E-state index contributed by atoms with van der Waals surface area (Å²) in [6.07, 6.45) is 2.84. The van der Waals surface area contributed by atoms with Gasteiger partial charge in [0.25, 0.3) is 0 Å². The van der Waals surface area contributed by atoms with E-state index in [-0.39, 0.29) is 5.82 Å². The summed E-state index contributed by atoms with van der Waals surface area (Å²) >= 11 is 0. The molecule has 3 nitrogen and oxygen atoms in total. The minimum Gasteiger partial charge on any atom is -0.354 e. The molecule has 1 aromatic heterocycles. The molecule has 0 radical (unpaired) electrons. The van der Waals surface area contributed by atoms with E-state index in [4.69, 9.17) is 0 Å². The van der Waals surface area contributed by atoms with E-state index >= 15 is 0 Å². The Morgan fingerprint density at radius 2 is 2.32 bits per heavy atom. The minimum atomic E-state index is -0.159. The maximum Gasteiger partial charge on any atom is 0.170 e. The van der Waals surface area contributed by atoms with Gasteiger partial charge < -0.3 is 10.2 Å². The second kappa shape index (κ2) is 6.33. The fourth-order valence-electron chi connectivity index (χ4n) is 2.45. The molecular formula is C15H24FN3. The average molecular weight is 265 g/mol. The van der Waals surface area contributed by atoms with Gasteiger partial charge in [0.15, 0.2) is 11.6 Å². The summed E-state index contributed by atoms with van der Waals surface area (Å²) in [4.78, 5) is 6.28. The lowest BCUT2D eigenvalue weighted by molar-refractivity contribution is 0.532. The van der Waals surface area contributed by atoms with Crippen molar-refractivity contribution >= 4 is 5.82 Å². The average Bonchev–Trinajstić information content (AvgIpc) is 2.77. The summed E-state index contributed by atoms with van der Waals surface area (Å²) in [7, 11) is 0. The Balaban J connectivity index is 2.05. The van der Waals surface area contributed by atoms with E-state index in [0.29, 0.717) is 29.8 Å². The highest BCUT2D eigenvalue weighted by Crippen LogP contribution is 2.25. The molecule has 0 aliphatic carbocycles. The molecule has 2 rings (SSSR count). The summed E-state index contributed by atoms with van der Waals surface area (Å²) in [5, 5.41) is 3.28. The van der Waals surface area contributed by atoms with Gasteiger partial charge >= 0.3 is 0 Å². The standard InChI is InChI=1S/C15H24FN3/c1-11(2)8-17-9-13-4-6-18-15(14(13)16)19-7-5-12(3)10-19/h4,6,11-12,17H,5,7-10H2,1-3H3. The second-order valence-corrected chi connectivity index (χ2v) is 5.97. The molecule has 19 heavy (non-hydrogen) atoms. The third-order valence-corrected chi connectivity index (χ3v) is 3.54. The Bertz CT molecular complexity index is 420. The Hall–Kier alpha value is -1.16. The highest BCUT2D eigenvalue weighted by Gasteiger charge is 2.23. The van der Waals surface area contributed by atoms with Crippen molar-refractivity contribution in [2.75, 3.05) is 24.5 Å². The van der Waals surface area contributed by atoms with Gasteiger partial charge in [0.1, 0.15) is 0 Å². The number of anilines is 1. The molecule has 106 valence electrons. The number of aromatic nitrogens is 1. The molecule has 1 aromatic rings. The first-order chi connectivity index (χ1) is 9.08. The molecule has 0 amide bonds. The summed E-state index contributed by atoms with van der Waals surface area (Å²) in [6, 6.07) is 1.77. The van der Waals surface area contributed by atoms with E-state index in [1.54, 1.807) is 12.3 Å². The van der Waals surface area contributed by atoms with Gasteiger partial charge in [-0.1, -0.05) is 20.8 Å².